The first kappa shape index (κ1) is 16.2. The van der Waals surface area contributed by atoms with Crippen molar-refractivity contribution < 1.29 is 14.3 Å². The number of hydrogen-bond donors (Lipinski definition) is 1. The number of rotatable bonds is 5. The van der Waals surface area contributed by atoms with Crippen LogP contribution in [0.2, 0.25) is 0 Å². The Balaban J connectivity index is 1.78. The fourth-order valence-corrected chi connectivity index (χ4v) is 2.82. The molecule has 0 aliphatic heterocycles. The molecule has 0 spiro atoms. The number of esters is 1. The third-order valence-corrected chi connectivity index (χ3v) is 3.98. The van der Waals surface area contributed by atoms with E-state index in [9.17, 15) is 9.59 Å². The highest BCUT2D eigenvalue weighted by atomic mass is 79.9. The molecule has 2 N–H and O–H groups in total. The van der Waals surface area contributed by atoms with Gasteiger partial charge in [0.25, 0.3) is 5.91 Å². The Kier molecular flexibility index (Phi) is 4.61. The van der Waals surface area contributed by atoms with Crippen LogP contribution < -0.4 is 5.73 Å². The molecular weight excluding hydrogens is 374 g/mol. The van der Waals surface area contributed by atoms with Crippen LogP contribution in [0.5, 0.6) is 0 Å². The van der Waals surface area contributed by atoms with Gasteiger partial charge in [0.15, 0.2) is 0 Å². The van der Waals surface area contributed by atoms with Crippen LogP contribution in [-0.4, -0.2) is 21.7 Å². The van der Waals surface area contributed by atoms with Gasteiger partial charge in [0, 0.05) is 15.4 Å². The third kappa shape index (κ3) is 3.46. The van der Waals surface area contributed by atoms with Crippen molar-refractivity contribution in [2.45, 2.75) is 12.6 Å². The number of para-hydroxylation sites is 1. The van der Waals surface area contributed by atoms with E-state index in [1.165, 1.54) is 4.68 Å². The normalized spacial score (nSPS) is 12.0. The molecule has 0 radical (unpaired) electrons. The number of primary amides is 1. The number of carbonyl (C=O) groups excluding carboxylic acids is 2. The number of carbonyl (C=O) groups is 2. The van der Waals surface area contributed by atoms with Crippen LogP contribution in [0.3, 0.4) is 0 Å². The van der Waals surface area contributed by atoms with E-state index in [1.54, 1.807) is 30.5 Å². The van der Waals surface area contributed by atoms with E-state index in [2.05, 4.69) is 21.0 Å². The maximum absolute atomic E-state index is 12.2. The van der Waals surface area contributed by atoms with Crippen molar-refractivity contribution in [2.24, 2.45) is 5.73 Å². The minimum atomic E-state index is -1.14. The van der Waals surface area contributed by atoms with E-state index < -0.39 is 18.0 Å². The Labute approximate surface area is 146 Å². The Morgan fingerprint density at radius 2 is 2.00 bits per heavy atom. The molecule has 2 aromatic carbocycles. The quantitative estimate of drug-likeness (QED) is 0.681. The highest BCUT2D eigenvalue weighted by molar-refractivity contribution is 9.10. The van der Waals surface area contributed by atoms with E-state index in [-0.39, 0.29) is 6.54 Å². The lowest BCUT2D eigenvalue weighted by atomic mass is 10.1. The Morgan fingerprint density at radius 1 is 1.21 bits per heavy atom. The van der Waals surface area contributed by atoms with Crippen molar-refractivity contribution in [2.75, 3.05) is 0 Å². The first-order valence-corrected chi connectivity index (χ1v) is 7.99. The smallest absolute Gasteiger partial charge is 0.328 e. The first-order chi connectivity index (χ1) is 11.5. The van der Waals surface area contributed by atoms with Gasteiger partial charge in [0.05, 0.1) is 11.7 Å². The summed E-state index contributed by atoms with van der Waals surface area (Å²) < 4.78 is 7.57. The monoisotopic (exact) mass is 387 g/mol. The molecule has 6 nitrogen and oxygen atoms in total. The van der Waals surface area contributed by atoms with Crippen molar-refractivity contribution in [1.29, 1.82) is 0 Å². The molecule has 0 saturated carbocycles. The largest absolute Gasteiger partial charge is 0.446 e. The molecule has 3 aromatic rings. The second kappa shape index (κ2) is 6.84. The number of amides is 1. The van der Waals surface area contributed by atoms with E-state index in [0.29, 0.717) is 5.56 Å². The second-order valence-corrected chi connectivity index (χ2v) is 6.10. The lowest BCUT2D eigenvalue weighted by molar-refractivity contribution is -0.156. The number of halogens is 1. The van der Waals surface area contributed by atoms with Crippen molar-refractivity contribution in [1.82, 2.24) is 9.78 Å². The van der Waals surface area contributed by atoms with Crippen LogP contribution >= 0.6 is 15.9 Å². The average Bonchev–Trinajstić information content (AvgIpc) is 2.95. The SMILES string of the molecule is NC(=O)C(OC(=O)Cn1ncc2ccccc21)c1cccc(Br)c1. The lowest BCUT2D eigenvalue weighted by Gasteiger charge is -2.15. The minimum absolute atomic E-state index is 0.106. The molecule has 1 amide bonds. The van der Waals surface area contributed by atoms with Gasteiger partial charge in [-0.3, -0.25) is 14.3 Å². The van der Waals surface area contributed by atoms with E-state index in [1.807, 2.05) is 24.3 Å². The standard InChI is InChI=1S/C17H14BrN3O3/c18-13-6-3-5-11(8-13)16(17(19)23)24-15(22)10-21-14-7-2-1-4-12(14)9-20-21/h1-9,16H,10H2,(H2,19,23). The summed E-state index contributed by atoms with van der Waals surface area (Å²) in [6.07, 6.45) is 0.527. The molecule has 0 saturated heterocycles. The lowest BCUT2D eigenvalue weighted by Crippen LogP contribution is -2.27. The van der Waals surface area contributed by atoms with E-state index in [0.717, 1.165) is 15.4 Å². The van der Waals surface area contributed by atoms with Crippen LogP contribution in [0.1, 0.15) is 11.7 Å². The zero-order valence-electron chi connectivity index (χ0n) is 12.6. The predicted octanol–water partition coefficient (Wildman–Crippen LogP) is 2.57. The molecule has 24 heavy (non-hydrogen) atoms. The van der Waals surface area contributed by atoms with Crippen LogP contribution in [0, 0.1) is 0 Å². The Morgan fingerprint density at radius 3 is 2.75 bits per heavy atom. The van der Waals surface area contributed by atoms with Gasteiger partial charge in [-0.25, -0.2) is 0 Å². The first-order valence-electron chi connectivity index (χ1n) is 7.19. The number of fused-ring (bicyclic) bond motifs is 1. The molecule has 0 aliphatic rings. The van der Waals surface area contributed by atoms with Crippen LogP contribution in [0.25, 0.3) is 10.9 Å². The number of aromatic nitrogens is 2. The summed E-state index contributed by atoms with van der Waals surface area (Å²) in [5.41, 5.74) is 6.70. The molecule has 0 aliphatic carbocycles. The van der Waals surface area contributed by atoms with Gasteiger partial charge < -0.3 is 10.5 Å². The topological polar surface area (TPSA) is 87.2 Å². The fourth-order valence-electron chi connectivity index (χ4n) is 2.40. The second-order valence-electron chi connectivity index (χ2n) is 5.19. The number of nitrogens with zero attached hydrogens (tertiary/aromatic N) is 2. The number of nitrogens with two attached hydrogens (primary N) is 1. The molecule has 122 valence electrons. The van der Waals surface area contributed by atoms with Gasteiger partial charge in [-0.05, 0) is 18.2 Å². The van der Waals surface area contributed by atoms with Gasteiger partial charge >= 0.3 is 5.97 Å². The maximum Gasteiger partial charge on any atom is 0.328 e. The zero-order valence-corrected chi connectivity index (χ0v) is 14.1. The third-order valence-electron chi connectivity index (χ3n) is 3.49. The van der Waals surface area contributed by atoms with Gasteiger partial charge in [-0.1, -0.05) is 46.3 Å². The van der Waals surface area contributed by atoms with Crippen molar-refractivity contribution >= 4 is 38.7 Å². The Bertz CT molecular complexity index is 907. The Hall–Kier alpha value is -2.67. The molecule has 1 unspecified atom stereocenters. The summed E-state index contributed by atoms with van der Waals surface area (Å²) in [6, 6.07) is 14.4. The van der Waals surface area contributed by atoms with Crippen LogP contribution in [-0.2, 0) is 20.9 Å². The molecule has 1 atom stereocenters. The molecular formula is C17H14BrN3O3. The van der Waals surface area contributed by atoms with Crippen LogP contribution in [0.4, 0.5) is 0 Å². The van der Waals surface area contributed by atoms with Gasteiger partial charge in [-0.15, -0.1) is 0 Å². The van der Waals surface area contributed by atoms with Gasteiger partial charge in [0.1, 0.15) is 6.54 Å². The molecule has 3 rings (SSSR count). The summed E-state index contributed by atoms with van der Waals surface area (Å²) in [5.74, 6) is -1.32. The average molecular weight is 388 g/mol. The molecule has 0 bridgehead atoms. The number of hydrogen-bond acceptors (Lipinski definition) is 4. The minimum Gasteiger partial charge on any atom is -0.446 e. The van der Waals surface area contributed by atoms with Gasteiger partial charge in [0.2, 0.25) is 6.10 Å². The van der Waals surface area contributed by atoms with Crippen LogP contribution in [0.15, 0.2) is 59.2 Å². The summed E-state index contributed by atoms with van der Waals surface area (Å²) in [4.78, 5) is 23.9. The zero-order chi connectivity index (χ0) is 17.1. The predicted molar refractivity (Wildman–Crippen MR) is 91.9 cm³/mol. The molecule has 7 heteroatoms. The van der Waals surface area contributed by atoms with Gasteiger partial charge in [-0.2, -0.15) is 5.10 Å². The van der Waals surface area contributed by atoms with E-state index in [4.69, 9.17) is 10.5 Å². The summed E-state index contributed by atoms with van der Waals surface area (Å²) in [7, 11) is 0. The summed E-state index contributed by atoms with van der Waals surface area (Å²) >= 11 is 3.31. The van der Waals surface area contributed by atoms with Crippen molar-refractivity contribution in [3.63, 3.8) is 0 Å². The highest BCUT2D eigenvalue weighted by Gasteiger charge is 2.23. The number of benzene rings is 2. The number of ether oxygens (including phenoxy) is 1. The summed E-state index contributed by atoms with van der Waals surface area (Å²) in [6.45, 7) is -0.106. The van der Waals surface area contributed by atoms with Crippen molar-refractivity contribution in [3.05, 3.63) is 64.8 Å². The maximum atomic E-state index is 12.2. The van der Waals surface area contributed by atoms with E-state index >= 15 is 0 Å². The van der Waals surface area contributed by atoms with Crippen molar-refractivity contribution in [3.8, 4) is 0 Å². The molecule has 1 aromatic heterocycles. The molecule has 1 heterocycles. The molecule has 0 fully saturated rings. The fraction of sp³-hybridized carbons (Fsp3) is 0.118. The summed E-state index contributed by atoms with van der Waals surface area (Å²) in [5, 5.41) is 5.09. The highest BCUT2D eigenvalue weighted by Crippen LogP contribution is 2.22.